The second-order valence-electron chi connectivity index (χ2n) is 11.2. The molecule has 0 fully saturated rings. The Hall–Kier alpha value is -3.24. The van der Waals surface area contributed by atoms with E-state index in [1.165, 1.54) is 31.8 Å². The number of halogens is 2. The summed E-state index contributed by atoms with van der Waals surface area (Å²) in [6, 6.07) is 64.5. The van der Waals surface area contributed by atoms with Crippen LogP contribution in [0, 0.1) is 0 Å². The summed E-state index contributed by atoms with van der Waals surface area (Å²) in [5, 5.41) is 7.09. The van der Waals surface area contributed by atoms with Crippen molar-refractivity contribution in [2.24, 2.45) is 0 Å². The summed E-state index contributed by atoms with van der Waals surface area (Å²) < 4.78 is 0. The topological polar surface area (TPSA) is 0 Å². The van der Waals surface area contributed by atoms with Crippen LogP contribution in [0.3, 0.4) is 0 Å². The first-order chi connectivity index (χ1) is 21.0. The van der Waals surface area contributed by atoms with Gasteiger partial charge >= 0.3 is 267 Å². The molecular weight excluding hydrogens is 601 g/mol. The Morgan fingerprint density at radius 3 is 0.605 bits per heavy atom. The molecule has 6 aromatic rings. The molecule has 216 valence electrons. The molecule has 0 aliphatic carbocycles. The fourth-order valence-corrected chi connectivity index (χ4v) is 19.4. The molecule has 0 saturated heterocycles. The molecule has 0 saturated carbocycles. The van der Waals surface area contributed by atoms with Gasteiger partial charge in [-0.3, -0.25) is 0 Å². The molecule has 0 unspecified atom stereocenters. The monoisotopic (exact) mass is 636 g/mol. The van der Waals surface area contributed by atoms with Gasteiger partial charge in [0.2, 0.25) is 0 Å². The van der Waals surface area contributed by atoms with Crippen molar-refractivity contribution in [3.05, 3.63) is 182 Å². The third-order valence-electron chi connectivity index (χ3n) is 8.92. The van der Waals surface area contributed by atoms with Crippen molar-refractivity contribution in [2.75, 3.05) is 12.3 Å². The van der Waals surface area contributed by atoms with Gasteiger partial charge < -0.3 is 0 Å². The molecule has 0 bridgehead atoms. The molecule has 0 aromatic heterocycles. The summed E-state index contributed by atoms with van der Waals surface area (Å²) in [7, 11) is 0. The van der Waals surface area contributed by atoms with Crippen molar-refractivity contribution >= 4 is 66.2 Å². The Kier molecular flexibility index (Phi) is 8.35. The van der Waals surface area contributed by atoms with Gasteiger partial charge in [-0.15, -0.1) is 0 Å². The van der Waals surface area contributed by atoms with Crippen LogP contribution in [-0.4, -0.2) is 12.3 Å². The molecule has 0 aliphatic heterocycles. The van der Waals surface area contributed by atoms with Crippen LogP contribution in [0.2, 0.25) is 0 Å². The second-order valence-corrected chi connectivity index (χ2v) is 24.4. The van der Waals surface area contributed by atoms with Gasteiger partial charge in [-0.25, -0.2) is 0 Å². The van der Waals surface area contributed by atoms with Crippen LogP contribution in [-0.2, 0) is 0 Å². The van der Waals surface area contributed by atoms with E-state index in [2.05, 4.69) is 182 Å². The van der Waals surface area contributed by atoms with Gasteiger partial charge in [-0.1, -0.05) is 0 Å². The van der Waals surface area contributed by atoms with Crippen molar-refractivity contribution < 1.29 is 0 Å². The van der Waals surface area contributed by atoms with E-state index in [1.807, 2.05) is 0 Å². The third-order valence-corrected chi connectivity index (χ3v) is 24.0. The number of benzene rings is 6. The molecule has 43 heavy (non-hydrogen) atoms. The number of rotatable bonds is 10. The van der Waals surface area contributed by atoms with Crippen LogP contribution in [0.15, 0.2) is 182 Å². The predicted octanol–water partition coefficient (Wildman–Crippen LogP) is 8.74. The van der Waals surface area contributed by atoms with Crippen molar-refractivity contribution in [1.29, 1.82) is 0 Å². The van der Waals surface area contributed by atoms with E-state index in [9.17, 15) is 0 Å². The molecule has 0 radical (unpaired) electrons. The van der Waals surface area contributed by atoms with Gasteiger partial charge in [0.25, 0.3) is 0 Å². The molecule has 0 heterocycles. The van der Waals surface area contributed by atoms with E-state index in [0.717, 1.165) is 18.7 Å². The minimum atomic E-state index is -3.45. The second kappa shape index (κ2) is 12.0. The molecule has 6 rings (SSSR count). The molecule has 0 aliphatic rings. The Morgan fingerprint density at radius 1 is 0.279 bits per heavy atom. The number of hydrogen-bond donors (Lipinski definition) is 0. The Labute approximate surface area is 265 Å². The summed E-state index contributed by atoms with van der Waals surface area (Å²) in [5.74, 6) is -6.90. The summed E-state index contributed by atoms with van der Waals surface area (Å²) in [5.41, 5.74) is 0. The van der Waals surface area contributed by atoms with Gasteiger partial charge in [0.15, 0.2) is 0 Å². The third kappa shape index (κ3) is 4.96. The van der Waals surface area contributed by atoms with E-state index in [4.69, 9.17) is 22.5 Å². The zero-order valence-corrected chi connectivity index (χ0v) is 27.4. The van der Waals surface area contributed by atoms with Gasteiger partial charge in [0, 0.05) is 0 Å². The first-order valence-electron chi connectivity index (χ1n) is 14.8. The van der Waals surface area contributed by atoms with E-state index in [-0.39, 0.29) is 0 Å². The Morgan fingerprint density at radius 2 is 0.442 bits per heavy atom. The summed E-state index contributed by atoms with van der Waals surface area (Å²) in [4.78, 5) is 0. The van der Waals surface area contributed by atoms with Crippen LogP contribution in [0.1, 0.15) is 6.42 Å². The van der Waals surface area contributed by atoms with Gasteiger partial charge in [0.1, 0.15) is 0 Å². The average Bonchev–Trinajstić information content (AvgIpc) is 3.10. The van der Waals surface area contributed by atoms with Crippen LogP contribution in [0.4, 0.5) is 0 Å². The molecular formula is C39H36Cl2P2. The van der Waals surface area contributed by atoms with Crippen LogP contribution >= 0.6 is 34.4 Å². The zero-order chi connectivity index (χ0) is 29.7. The zero-order valence-electron chi connectivity index (χ0n) is 24.1. The molecule has 0 N–H and O–H groups in total. The maximum absolute atomic E-state index is 8.49. The molecule has 4 heteroatoms. The fraction of sp³-hybridized carbons (Fsp3) is 0.0769. The van der Waals surface area contributed by atoms with Crippen LogP contribution < -0.4 is 31.8 Å². The minimum absolute atomic E-state index is 0.780. The molecule has 0 nitrogen and oxygen atoms in total. The molecule has 0 spiro atoms. The van der Waals surface area contributed by atoms with Gasteiger partial charge in [-0.05, 0) is 0 Å². The van der Waals surface area contributed by atoms with Crippen molar-refractivity contribution in [3.63, 3.8) is 0 Å². The van der Waals surface area contributed by atoms with Crippen molar-refractivity contribution in [1.82, 2.24) is 0 Å². The average molecular weight is 638 g/mol. The normalized spacial score (nSPS) is 13.7. The number of hydrogen-bond acceptors (Lipinski definition) is 0. The van der Waals surface area contributed by atoms with Crippen molar-refractivity contribution in [3.8, 4) is 0 Å². The molecule has 6 aromatic carbocycles. The van der Waals surface area contributed by atoms with Crippen LogP contribution in [0.5, 0.6) is 0 Å². The van der Waals surface area contributed by atoms with Crippen LogP contribution in [0.25, 0.3) is 0 Å². The van der Waals surface area contributed by atoms with E-state index in [1.54, 1.807) is 0 Å². The summed E-state index contributed by atoms with van der Waals surface area (Å²) in [6.45, 7) is 0. The predicted molar refractivity (Wildman–Crippen MR) is 196 cm³/mol. The quantitative estimate of drug-likeness (QED) is 0.132. The SMILES string of the molecule is ClP(CCCP(Cl)(c1ccccc1)(c1ccccc1)c1ccccc1)(c1ccccc1)(c1ccccc1)c1ccccc1. The Bertz CT molecular complexity index is 1430. The van der Waals surface area contributed by atoms with E-state index >= 15 is 0 Å². The van der Waals surface area contributed by atoms with E-state index in [0.29, 0.717) is 0 Å². The van der Waals surface area contributed by atoms with Gasteiger partial charge in [0.05, 0.1) is 0 Å². The van der Waals surface area contributed by atoms with E-state index < -0.39 is 11.9 Å². The molecule has 0 atom stereocenters. The standard InChI is InChI=1S/C39H36Cl2P2/c40-42(34-20-7-1-8-21-34,35-22-9-2-10-23-35,36-24-11-3-12-25-36)32-19-33-43(41,37-26-13-4-14-27-37,38-28-15-5-16-29-38)39-30-17-6-18-31-39/h1-18,20-31H,19,32-33H2. The first-order valence-corrected chi connectivity index (χ1v) is 21.4. The Balaban J connectivity index is 1.58. The fourth-order valence-electron chi connectivity index (χ4n) is 6.77. The first kappa shape index (κ1) is 29.8. The molecule has 0 amide bonds. The van der Waals surface area contributed by atoms with Crippen molar-refractivity contribution in [2.45, 2.75) is 6.42 Å². The summed E-state index contributed by atoms with van der Waals surface area (Å²) >= 11 is 17.0. The van der Waals surface area contributed by atoms with Gasteiger partial charge in [-0.2, -0.15) is 0 Å². The maximum atomic E-state index is 8.49. The summed E-state index contributed by atoms with van der Waals surface area (Å²) in [6.07, 6.45) is 2.39.